The Labute approximate surface area is 192 Å². The Morgan fingerprint density at radius 2 is 1.76 bits per heavy atom. The minimum absolute atomic E-state index is 0.135. The lowest BCUT2D eigenvalue weighted by atomic mass is 9.96. The molecule has 3 aromatic heterocycles. The van der Waals surface area contributed by atoms with Crippen molar-refractivity contribution < 1.29 is 22.2 Å². The van der Waals surface area contributed by atoms with Gasteiger partial charge in [0.1, 0.15) is 5.69 Å². The molecule has 0 amide bonds. The van der Waals surface area contributed by atoms with Gasteiger partial charge in [-0.05, 0) is 57.1 Å². The van der Waals surface area contributed by atoms with E-state index >= 15 is 0 Å². The van der Waals surface area contributed by atoms with Gasteiger partial charge in [0, 0.05) is 17.7 Å². The number of likely N-dealkylation sites (tertiary alicyclic amines) is 1. The first-order valence-corrected chi connectivity index (χ1v) is 10.9. The van der Waals surface area contributed by atoms with Gasteiger partial charge < -0.3 is 9.05 Å². The SMILES string of the molecule is C[C@@H](c1nc(-c2cccc(C(F)(F)F)c2)no1)N1CCC(c2nc(-c3ccccn3)no2)CC1. The molecule has 0 bridgehead atoms. The van der Waals surface area contributed by atoms with Crippen LogP contribution >= 0.6 is 0 Å². The second-order valence-electron chi connectivity index (χ2n) is 8.19. The molecule has 4 aromatic rings. The average Bonchev–Trinajstić information content (AvgIpc) is 3.55. The molecule has 4 heterocycles. The molecule has 1 saturated heterocycles. The molecule has 5 rings (SSSR count). The standard InChI is InChI=1S/C23H21F3N6O2/c1-14(21-28-19(30-33-21)16-5-4-6-17(13-16)23(24,25)26)32-11-8-15(9-12-32)22-29-20(31-34-22)18-7-2-3-10-27-18/h2-7,10,13-15H,8-9,11-12H2,1H3/t14-/m0/s1. The van der Waals surface area contributed by atoms with Gasteiger partial charge in [0.05, 0.1) is 11.6 Å². The molecule has 1 atom stereocenters. The van der Waals surface area contributed by atoms with E-state index in [1.165, 1.54) is 12.1 Å². The van der Waals surface area contributed by atoms with Crippen molar-refractivity contribution in [1.29, 1.82) is 0 Å². The topological polar surface area (TPSA) is 94.0 Å². The van der Waals surface area contributed by atoms with E-state index in [-0.39, 0.29) is 23.3 Å². The number of rotatable bonds is 5. The molecule has 176 valence electrons. The van der Waals surface area contributed by atoms with Crippen molar-refractivity contribution in [2.75, 3.05) is 13.1 Å². The van der Waals surface area contributed by atoms with E-state index in [4.69, 9.17) is 9.05 Å². The third kappa shape index (κ3) is 4.56. The summed E-state index contributed by atoms with van der Waals surface area (Å²) in [6.45, 7) is 3.43. The summed E-state index contributed by atoms with van der Waals surface area (Å²) >= 11 is 0. The maximum Gasteiger partial charge on any atom is 0.416 e. The number of halogens is 3. The van der Waals surface area contributed by atoms with Crippen LogP contribution in [-0.4, -0.2) is 43.3 Å². The quantitative estimate of drug-likeness (QED) is 0.396. The molecule has 0 saturated carbocycles. The van der Waals surface area contributed by atoms with Gasteiger partial charge in [0.2, 0.25) is 23.4 Å². The fourth-order valence-electron chi connectivity index (χ4n) is 4.05. The molecule has 1 aromatic carbocycles. The van der Waals surface area contributed by atoms with Crippen LogP contribution in [0.4, 0.5) is 13.2 Å². The van der Waals surface area contributed by atoms with E-state index in [2.05, 4.69) is 30.2 Å². The van der Waals surface area contributed by atoms with Crippen LogP contribution in [0.25, 0.3) is 22.9 Å². The molecule has 1 aliphatic rings. The fourth-order valence-corrected chi connectivity index (χ4v) is 4.05. The van der Waals surface area contributed by atoms with E-state index in [0.717, 1.165) is 38.1 Å². The van der Waals surface area contributed by atoms with Crippen molar-refractivity contribution in [1.82, 2.24) is 30.2 Å². The first-order valence-electron chi connectivity index (χ1n) is 10.9. The predicted octanol–water partition coefficient (Wildman–Crippen LogP) is 5.14. The van der Waals surface area contributed by atoms with Crippen LogP contribution in [0, 0.1) is 0 Å². The van der Waals surface area contributed by atoms with Gasteiger partial charge in [-0.3, -0.25) is 9.88 Å². The van der Waals surface area contributed by atoms with E-state index in [0.29, 0.717) is 23.3 Å². The second kappa shape index (κ2) is 8.98. The molecule has 0 N–H and O–H groups in total. The highest BCUT2D eigenvalue weighted by Crippen LogP contribution is 2.34. The number of pyridine rings is 1. The summed E-state index contributed by atoms with van der Waals surface area (Å²) in [5.41, 5.74) is 0.172. The summed E-state index contributed by atoms with van der Waals surface area (Å²) < 4.78 is 49.9. The van der Waals surface area contributed by atoms with Gasteiger partial charge in [0.15, 0.2) is 0 Å². The first-order chi connectivity index (χ1) is 16.4. The van der Waals surface area contributed by atoms with Gasteiger partial charge >= 0.3 is 6.18 Å². The minimum Gasteiger partial charge on any atom is -0.339 e. The van der Waals surface area contributed by atoms with E-state index in [1.807, 2.05) is 25.1 Å². The molecular weight excluding hydrogens is 449 g/mol. The summed E-state index contributed by atoms with van der Waals surface area (Å²) in [4.78, 5) is 15.3. The summed E-state index contributed by atoms with van der Waals surface area (Å²) in [6, 6.07) is 10.2. The lowest BCUT2D eigenvalue weighted by Crippen LogP contribution is -2.35. The zero-order valence-corrected chi connectivity index (χ0v) is 18.2. The van der Waals surface area contributed by atoms with E-state index < -0.39 is 11.7 Å². The van der Waals surface area contributed by atoms with Crippen molar-refractivity contribution in [2.24, 2.45) is 0 Å². The van der Waals surface area contributed by atoms with Crippen LogP contribution in [0.1, 0.15) is 49.1 Å². The lowest BCUT2D eigenvalue weighted by molar-refractivity contribution is -0.137. The smallest absolute Gasteiger partial charge is 0.339 e. The maximum absolute atomic E-state index is 13.0. The molecule has 1 fully saturated rings. The largest absolute Gasteiger partial charge is 0.416 e. The highest BCUT2D eigenvalue weighted by Gasteiger charge is 2.32. The van der Waals surface area contributed by atoms with Crippen LogP contribution in [0.15, 0.2) is 57.7 Å². The average molecular weight is 470 g/mol. The van der Waals surface area contributed by atoms with Crippen LogP contribution < -0.4 is 0 Å². The Hall–Kier alpha value is -3.60. The zero-order chi connectivity index (χ0) is 23.7. The van der Waals surface area contributed by atoms with Gasteiger partial charge in [-0.2, -0.15) is 23.1 Å². The number of hydrogen-bond donors (Lipinski definition) is 0. The Kier molecular flexibility index (Phi) is 5.86. The summed E-state index contributed by atoms with van der Waals surface area (Å²) in [5, 5.41) is 7.95. The molecule has 8 nitrogen and oxygen atoms in total. The van der Waals surface area contributed by atoms with Crippen LogP contribution in [-0.2, 0) is 6.18 Å². The third-order valence-electron chi connectivity index (χ3n) is 6.01. The van der Waals surface area contributed by atoms with Gasteiger partial charge in [-0.1, -0.05) is 28.5 Å². The highest BCUT2D eigenvalue weighted by molar-refractivity contribution is 5.55. The van der Waals surface area contributed by atoms with Gasteiger partial charge in [-0.25, -0.2) is 0 Å². The Bertz CT molecular complexity index is 1250. The van der Waals surface area contributed by atoms with E-state index in [9.17, 15) is 13.2 Å². The molecule has 0 radical (unpaired) electrons. The number of aromatic nitrogens is 5. The molecule has 11 heteroatoms. The number of benzene rings is 1. The fraction of sp³-hybridized carbons (Fsp3) is 0.348. The van der Waals surface area contributed by atoms with Gasteiger partial charge in [0.25, 0.3) is 0 Å². The van der Waals surface area contributed by atoms with Crippen LogP contribution in [0.2, 0.25) is 0 Å². The molecule has 1 aliphatic heterocycles. The Morgan fingerprint density at radius 1 is 0.971 bits per heavy atom. The Morgan fingerprint density at radius 3 is 2.50 bits per heavy atom. The normalized spacial score (nSPS) is 16.6. The monoisotopic (exact) mass is 470 g/mol. The predicted molar refractivity (Wildman–Crippen MR) is 114 cm³/mol. The number of hydrogen-bond acceptors (Lipinski definition) is 8. The zero-order valence-electron chi connectivity index (χ0n) is 18.2. The molecule has 0 unspecified atom stereocenters. The van der Waals surface area contributed by atoms with Gasteiger partial charge in [-0.15, -0.1) is 0 Å². The second-order valence-corrected chi connectivity index (χ2v) is 8.19. The number of alkyl halides is 3. The highest BCUT2D eigenvalue weighted by atomic mass is 19.4. The Balaban J connectivity index is 1.23. The number of nitrogens with zero attached hydrogens (tertiary/aromatic N) is 6. The van der Waals surface area contributed by atoms with Crippen molar-refractivity contribution >= 4 is 0 Å². The lowest BCUT2D eigenvalue weighted by Gasteiger charge is -2.33. The molecular formula is C23H21F3N6O2. The summed E-state index contributed by atoms with van der Waals surface area (Å²) in [6.07, 6.45) is -1.14. The molecule has 0 aliphatic carbocycles. The van der Waals surface area contributed by atoms with Crippen molar-refractivity contribution in [3.8, 4) is 22.9 Å². The van der Waals surface area contributed by atoms with Crippen LogP contribution in [0.5, 0.6) is 0 Å². The van der Waals surface area contributed by atoms with Crippen molar-refractivity contribution in [2.45, 2.75) is 37.9 Å². The minimum atomic E-state index is -4.43. The van der Waals surface area contributed by atoms with Crippen molar-refractivity contribution in [3.05, 3.63) is 66.0 Å². The maximum atomic E-state index is 13.0. The van der Waals surface area contributed by atoms with Crippen molar-refractivity contribution in [3.63, 3.8) is 0 Å². The van der Waals surface area contributed by atoms with Crippen LogP contribution in [0.3, 0.4) is 0 Å². The molecule has 34 heavy (non-hydrogen) atoms. The number of piperidine rings is 1. The molecule has 0 spiro atoms. The summed E-state index contributed by atoms with van der Waals surface area (Å²) in [5.74, 6) is 1.70. The third-order valence-corrected chi connectivity index (χ3v) is 6.01. The summed E-state index contributed by atoms with van der Waals surface area (Å²) in [7, 11) is 0. The first kappa shape index (κ1) is 22.2. The van der Waals surface area contributed by atoms with E-state index in [1.54, 1.807) is 6.20 Å².